The lowest BCUT2D eigenvalue weighted by Gasteiger charge is -2.28. The quantitative estimate of drug-likeness (QED) is 0.744. The second-order valence-corrected chi connectivity index (χ2v) is 5.24. The summed E-state index contributed by atoms with van der Waals surface area (Å²) in [5, 5.41) is 0. The SMILES string of the molecule is O=C1C[C@@H]2C(=O)c3ccccc3[C@@]2(c2ccccc2)O1. The molecule has 0 aromatic heterocycles. The first kappa shape index (κ1) is 11.4. The maximum absolute atomic E-state index is 12.6. The predicted molar refractivity (Wildman–Crippen MR) is 72.2 cm³/mol. The highest BCUT2D eigenvalue weighted by atomic mass is 16.6. The van der Waals surface area contributed by atoms with Crippen LogP contribution in [0.15, 0.2) is 54.6 Å². The van der Waals surface area contributed by atoms with Crippen LogP contribution in [0.5, 0.6) is 0 Å². The van der Waals surface area contributed by atoms with E-state index in [0.29, 0.717) is 5.56 Å². The average molecular weight is 264 g/mol. The Kier molecular flexibility index (Phi) is 2.16. The van der Waals surface area contributed by atoms with Gasteiger partial charge in [-0.15, -0.1) is 0 Å². The standard InChI is InChI=1S/C17H12O3/c18-15-10-14-16(19)12-8-4-5-9-13(12)17(14,20-15)11-6-2-1-3-7-11/h1-9,14H,10H2/t14-,17-/m1/s1. The summed E-state index contributed by atoms with van der Waals surface area (Å²) in [6.07, 6.45) is 0.155. The number of Topliss-reactive ketones (excluding diaryl/α,β-unsaturated/α-hetero) is 1. The summed E-state index contributed by atoms with van der Waals surface area (Å²) < 4.78 is 5.70. The molecule has 0 radical (unpaired) electrons. The Morgan fingerprint density at radius 3 is 2.45 bits per heavy atom. The van der Waals surface area contributed by atoms with E-state index in [1.54, 1.807) is 0 Å². The molecule has 0 spiro atoms. The summed E-state index contributed by atoms with van der Waals surface area (Å²) in [5.41, 5.74) is 1.43. The van der Waals surface area contributed by atoms with E-state index in [4.69, 9.17) is 4.74 Å². The van der Waals surface area contributed by atoms with Crippen LogP contribution in [-0.2, 0) is 15.1 Å². The number of hydrogen-bond acceptors (Lipinski definition) is 3. The Morgan fingerprint density at radius 1 is 0.950 bits per heavy atom. The first-order valence-electron chi connectivity index (χ1n) is 6.64. The molecule has 20 heavy (non-hydrogen) atoms. The van der Waals surface area contributed by atoms with Gasteiger partial charge in [0.05, 0.1) is 12.3 Å². The van der Waals surface area contributed by atoms with Crippen molar-refractivity contribution in [2.24, 2.45) is 5.92 Å². The fraction of sp³-hybridized carbons (Fsp3) is 0.176. The molecule has 2 aliphatic rings. The summed E-state index contributed by atoms with van der Waals surface area (Å²) >= 11 is 0. The van der Waals surface area contributed by atoms with Crippen molar-refractivity contribution in [3.05, 3.63) is 71.3 Å². The minimum Gasteiger partial charge on any atom is -0.448 e. The number of rotatable bonds is 1. The first-order chi connectivity index (χ1) is 9.73. The van der Waals surface area contributed by atoms with E-state index in [-0.39, 0.29) is 18.2 Å². The monoisotopic (exact) mass is 264 g/mol. The van der Waals surface area contributed by atoms with Gasteiger partial charge in [0.1, 0.15) is 0 Å². The second kappa shape index (κ2) is 3.79. The number of fused-ring (bicyclic) bond motifs is 3. The first-order valence-corrected chi connectivity index (χ1v) is 6.64. The van der Waals surface area contributed by atoms with Crippen molar-refractivity contribution in [3.63, 3.8) is 0 Å². The van der Waals surface area contributed by atoms with Gasteiger partial charge in [-0.2, -0.15) is 0 Å². The van der Waals surface area contributed by atoms with E-state index in [2.05, 4.69) is 0 Å². The second-order valence-electron chi connectivity index (χ2n) is 5.24. The van der Waals surface area contributed by atoms with Crippen LogP contribution in [-0.4, -0.2) is 11.8 Å². The zero-order chi connectivity index (χ0) is 13.7. The molecule has 98 valence electrons. The smallest absolute Gasteiger partial charge is 0.307 e. The third kappa shape index (κ3) is 1.24. The van der Waals surface area contributed by atoms with Crippen molar-refractivity contribution in [1.29, 1.82) is 0 Å². The maximum Gasteiger partial charge on any atom is 0.307 e. The lowest BCUT2D eigenvalue weighted by atomic mass is 9.81. The molecule has 1 aliphatic carbocycles. The van der Waals surface area contributed by atoms with Gasteiger partial charge in [0.15, 0.2) is 11.4 Å². The number of ether oxygens (including phenoxy) is 1. The van der Waals surface area contributed by atoms with Crippen LogP contribution in [0, 0.1) is 5.92 Å². The van der Waals surface area contributed by atoms with Crippen molar-refractivity contribution in [2.75, 3.05) is 0 Å². The van der Waals surface area contributed by atoms with Crippen LogP contribution < -0.4 is 0 Å². The Morgan fingerprint density at radius 2 is 1.65 bits per heavy atom. The highest BCUT2D eigenvalue weighted by molar-refractivity contribution is 6.07. The van der Waals surface area contributed by atoms with Gasteiger partial charge in [-0.25, -0.2) is 0 Å². The normalized spacial score (nSPS) is 27.1. The molecule has 1 aliphatic heterocycles. The van der Waals surface area contributed by atoms with E-state index in [0.717, 1.165) is 11.1 Å². The molecular formula is C17H12O3. The van der Waals surface area contributed by atoms with E-state index >= 15 is 0 Å². The molecule has 4 rings (SSSR count). The number of esters is 1. The van der Waals surface area contributed by atoms with Crippen LogP contribution in [0.2, 0.25) is 0 Å². The zero-order valence-corrected chi connectivity index (χ0v) is 10.7. The van der Waals surface area contributed by atoms with E-state index < -0.39 is 11.5 Å². The number of benzene rings is 2. The van der Waals surface area contributed by atoms with Crippen LogP contribution >= 0.6 is 0 Å². The minimum absolute atomic E-state index is 0.00954. The summed E-state index contributed by atoms with van der Waals surface area (Å²) in [6, 6.07) is 17.0. The van der Waals surface area contributed by atoms with Gasteiger partial charge in [0.2, 0.25) is 0 Å². The lowest BCUT2D eigenvalue weighted by Crippen LogP contribution is -2.31. The van der Waals surface area contributed by atoms with Gasteiger partial charge in [-0.05, 0) is 0 Å². The van der Waals surface area contributed by atoms with Crippen molar-refractivity contribution in [2.45, 2.75) is 12.0 Å². The van der Waals surface area contributed by atoms with Gasteiger partial charge in [0, 0.05) is 16.7 Å². The average Bonchev–Trinajstić information content (AvgIpc) is 2.95. The molecule has 1 fully saturated rings. The molecule has 3 nitrogen and oxygen atoms in total. The van der Waals surface area contributed by atoms with E-state index in [1.807, 2.05) is 54.6 Å². The van der Waals surface area contributed by atoms with Crippen LogP contribution in [0.1, 0.15) is 27.9 Å². The third-order valence-corrected chi connectivity index (χ3v) is 4.25. The van der Waals surface area contributed by atoms with Gasteiger partial charge >= 0.3 is 5.97 Å². The molecular weight excluding hydrogens is 252 g/mol. The van der Waals surface area contributed by atoms with Crippen molar-refractivity contribution < 1.29 is 14.3 Å². The predicted octanol–water partition coefficient (Wildman–Crippen LogP) is 2.69. The van der Waals surface area contributed by atoms with E-state index in [9.17, 15) is 9.59 Å². The van der Waals surface area contributed by atoms with Crippen LogP contribution in [0.25, 0.3) is 0 Å². The molecule has 2 atom stereocenters. The zero-order valence-electron chi connectivity index (χ0n) is 10.7. The Labute approximate surface area is 116 Å². The molecule has 1 saturated heterocycles. The topological polar surface area (TPSA) is 43.4 Å². The molecule has 0 saturated carbocycles. The summed E-state index contributed by atoms with van der Waals surface area (Å²) in [6.45, 7) is 0. The number of ketones is 1. The lowest BCUT2D eigenvalue weighted by molar-refractivity contribution is -0.146. The molecule has 0 bridgehead atoms. The van der Waals surface area contributed by atoms with Crippen molar-refractivity contribution in [3.8, 4) is 0 Å². The molecule has 3 heteroatoms. The highest BCUT2D eigenvalue weighted by Crippen LogP contribution is 2.53. The Bertz CT molecular complexity index is 720. The molecule has 0 amide bonds. The van der Waals surface area contributed by atoms with Gasteiger partial charge in [-0.3, -0.25) is 9.59 Å². The maximum atomic E-state index is 12.6. The number of carbonyl (C=O) groups is 2. The van der Waals surface area contributed by atoms with Gasteiger partial charge in [0.25, 0.3) is 0 Å². The minimum atomic E-state index is -0.925. The van der Waals surface area contributed by atoms with Crippen LogP contribution in [0.3, 0.4) is 0 Å². The van der Waals surface area contributed by atoms with Crippen LogP contribution in [0.4, 0.5) is 0 Å². The molecule has 2 aromatic rings. The number of carbonyl (C=O) groups excluding carboxylic acids is 2. The highest BCUT2D eigenvalue weighted by Gasteiger charge is 2.60. The van der Waals surface area contributed by atoms with Crippen molar-refractivity contribution in [1.82, 2.24) is 0 Å². The Balaban J connectivity index is 2.04. The fourth-order valence-corrected chi connectivity index (χ4v) is 3.43. The van der Waals surface area contributed by atoms with Crippen molar-refractivity contribution >= 4 is 11.8 Å². The molecule has 0 unspecified atom stereocenters. The number of hydrogen-bond donors (Lipinski definition) is 0. The molecule has 1 heterocycles. The molecule has 0 N–H and O–H groups in total. The molecule has 2 aromatic carbocycles. The fourth-order valence-electron chi connectivity index (χ4n) is 3.43. The largest absolute Gasteiger partial charge is 0.448 e. The van der Waals surface area contributed by atoms with E-state index in [1.165, 1.54) is 0 Å². The summed E-state index contributed by atoms with van der Waals surface area (Å²) in [4.78, 5) is 24.4. The van der Waals surface area contributed by atoms with Gasteiger partial charge in [-0.1, -0.05) is 54.6 Å². The Hall–Kier alpha value is -2.42. The summed E-state index contributed by atoms with van der Waals surface area (Å²) in [7, 11) is 0. The third-order valence-electron chi connectivity index (χ3n) is 4.25. The van der Waals surface area contributed by atoms with Gasteiger partial charge < -0.3 is 4.74 Å². The summed E-state index contributed by atoms with van der Waals surface area (Å²) in [5.74, 6) is -0.730.